The van der Waals surface area contributed by atoms with E-state index in [9.17, 15) is 9.59 Å². The van der Waals surface area contributed by atoms with Gasteiger partial charge in [0.2, 0.25) is 0 Å². The number of rotatable bonds is 6. The van der Waals surface area contributed by atoms with E-state index in [0.29, 0.717) is 24.5 Å². The summed E-state index contributed by atoms with van der Waals surface area (Å²) in [6, 6.07) is 8.91. The van der Waals surface area contributed by atoms with Gasteiger partial charge in [-0.25, -0.2) is 4.79 Å². The summed E-state index contributed by atoms with van der Waals surface area (Å²) in [7, 11) is 0. The molecule has 1 fully saturated rings. The molecule has 1 aliphatic heterocycles. The van der Waals surface area contributed by atoms with Crippen LogP contribution in [0.1, 0.15) is 37.0 Å². The zero-order valence-corrected chi connectivity index (χ0v) is 13.0. The van der Waals surface area contributed by atoms with Gasteiger partial charge in [0.15, 0.2) is 0 Å². The van der Waals surface area contributed by atoms with Crippen LogP contribution >= 0.6 is 0 Å². The Labute approximate surface area is 130 Å². The van der Waals surface area contributed by atoms with Crippen molar-refractivity contribution in [2.75, 3.05) is 13.2 Å². The highest BCUT2D eigenvalue weighted by Crippen LogP contribution is 2.28. The Bertz CT molecular complexity index is 499. The molecule has 5 nitrogen and oxygen atoms in total. The molecule has 1 saturated heterocycles. The molecule has 0 N–H and O–H groups in total. The Morgan fingerprint density at radius 2 is 1.95 bits per heavy atom. The molecule has 1 aromatic rings. The minimum Gasteiger partial charge on any atom is -0.466 e. The summed E-state index contributed by atoms with van der Waals surface area (Å²) >= 11 is 0. The van der Waals surface area contributed by atoms with E-state index in [1.807, 2.05) is 6.07 Å². The second-order valence-corrected chi connectivity index (χ2v) is 5.60. The highest BCUT2D eigenvalue weighted by molar-refractivity contribution is 5.89. The smallest absolute Gasteiger partial charge is 0.338 e. The molecule has 0 bridgehead atoms. The third-order valence-electron chi connectivity index (χ3n) is 3.75. The van der Waals surface area contributed by atoms with Crippen LogP contribution in [0.25, 0.3) is 0 Å². The largest absolute Gasteiger partial charge is 0.466 e. The molecule has 0 aromatic heterocycles. The third kappa shape index (κ3) is 4.84. The topological polar surface area (TPSA) is 61.8 Å². The zero-order valence-electron chi connectivity index (χ0n) is 13.0. The minimum atomic E-state index is -0.333. The molecule has 5 heteroatoms. The molecule has 3 unspecified atom stereocenters. The molecule has 1 aromatic carbocycles. The number of carbonyl (C=O) groups excluding carboxylic acids is 2. The Morgan fingerprint density at radius 1 is 1.23 bits per heavy atom. The lowest BCUT2D eigenvalue weighted by atomic mass is 10.00. The van der Waals surface area contributed by atoms with Gasteiger partial charge in [-0.2, -0.15) is 0 Å². The quantitative estimate of drug-likeness (QED) is 0.756. The van der Waals surface area contributed by atoms with Crippen molar-refractivity contribution in [1.82, 2.24) is 0 Å². The van der Waals surface area contributed by atoms with Gasteiger partial charge in [0, 0.05) is 13.3 Å². The molecule has 0 amide bonds. The maximum Gasteiger partial charge on any atom is 0.338 e. The summed E-state index contributed by atoms with van der Waals surface area (Å²) in [5.41, 5.74) is 0.542. The van der Waals surface area contributed by atoms with E-state index in [2.05, 4.69) is 6.92 Å². The first-order chi connectivity index (χ1) is 10.6. The second kappa shape index (κ2) is 7.94. The summed E-state index contributed by atoms with van der Waals surface area (Å²) in [4.78, 5) is 22.6. The number of carbonyl (C=O) groups is 2. The third-order valence-corrected chi connectivity index (χ3v) is 3.75. The summed E-state index contributed by atoms with van der Waals surface area (Å²) in [6.45, 7) is 4.10. The van der Waals surface area contributed by atoms with E-state index in [-0.39, 0.29) is 30.8 Å². The van der Waals surface area contributed by atoms with Gasteiger partial charge in [-0.1, -0.05) is 25.1 Å². The first kappa shape index (κ1) is 16.5. The average Bonchev–Trinajstić information content (AvgIpc) is 2.86. The van der Waals surface area contributed by atoms with Gasteiger partial charge in [-0.15, -0.1) is 0 Å². The minimum absolute atomic E-state index is 0.0415. The number of ether oxygens (including phenoxy) is 3. The standard InChI is InChI=1S/C17H22O5/c1-12-10-15(22-16(12)8-9-20-13(2)18)11-21-17(19)14-6-4-3-5-7-14/h3-7,12,15-16H,8-11H2,1-2H3. The van der Waals surface area contributed by atoms with E-state index in [1.165, 1.54) is 6.92 Å². The van der Waals surface area contributed by atoms with Gasteiger partial charge in [0.25, 0.3) is 0 Å². The van der Waals surface area contributed by atoms with Crippen molar-refractivity contribution < 1.29 is 23.8 Å². The lowest BCUT2D eigenvalue weighted by Crippen LogP contribution is -2.21. The highest BCUT2D eigenvalue weighted by Gasteiger charge is 2.32. The van der Waals surface area contributed by atoms with Gasteiger partial charge in [0.1, 0.15) is 6.61 Å². The molecule has 0 saturated carbocycles. The first-order valence-corrected chi connectivity index (χ1v) is 7.57. The van der Waals surface area contributed by atoms with Crippen LogP contribution in [0, 0.1) is 5.92 Å². The molecule has 1 aliphatic rings. The van der Waals surface area contributed by atoms with Crippen molar-refractivity contribution >= 4 is 11.9 Å². The van der Waals surface area contributed by atoms with Crippen molar-refractivity contribution in [3.8, 4) is 0 Å². The van der Waals surface area contributed by atoms with Crippen LogP contribution in [0.15, 0.2) is 30.3 Å². The molecule has 22 heavy (non-hydrogen) atoms. The van der Waals surface area contributed by atoms with Crippen LogP contribution in [0.5, 0.6) is 0 Å². The Kier molecular flexibility index (Phi) is 5.95. The van der Waals surface area contributed by atoms with Crippen molar-refractivity contribution in [2.24, 2.45) is 5.92 Å². The fraction of sp³-hybridized carbons (Fsp3) is 0.529. The molecule has 0 spiro atoms. The van der Waals surface area contributed by atoms with Crippen LogP contribution in [-0.4, -0.2) is 37.4 Å². The zero-order chi connectivity index (χ0) is 15.9. The van der Waals surface area contributed by atoms with E-state index in [0.717, 1.165) is 6.42 Å². The van der Waals surface area contributed by atoms with Crippen molar-refractivity contribution in [2.45, 2.75) is 38.9 Å². The summed E-state index contributed by atoms with van der Waals surface area (Å²) < 4.78 is 16.1. The predicted octanol–water partition coefficient (Wildman–Crippen LogP) is 2.59. The lowest BCUT2D eigenvalue weighted by molar-refractivity contribution is -0.142. The van der Waals surface area contributed by atoms with Gasteiger partial charge in [0.05, 0.1) is 24.4 Å². The summed E-state index contributed by atoms with van der Waals surface area (Å²) in [6.07, 6.45) is 1.46. The maximum atomic E-state index is 11.9. The predicted molar refractivity (Wildman–Crippen MR) is 80.4 cm³/mol. The molecule has 0 aliphatic carbocycles. The van der Waals surface area contributed by atoms with E-state index in [1.54, 1.807) is 24.3 Å². The maximum absolute atomic E-state index is 11.9. The van der Waals surface area contributed by atoms with Crippen molar-refractivity contribution in [3.63, 3.8) is 0 Å². The SMILES string of the molecule is CC(=O)OCCC1OC(COC(=O)c2ccccc2)CC1C. The van der Waals surface area contributed by atoms with Gasteiger partial charge in [-0.05, 0) is 24.5 Å². The van der Waals surface area contributed by atoms with Gasteiger partial charge >= 0.3 is 11.9 Å². The van der Waals surface area contributed by atoms with Crippen LogP contribution in [0.3, 0.4) is 0 Å². The van der Waals surface area contributed by atoms with Crippen molar-refractivity contribution in [1.29, 1.82) is 0 Å². The summed E-state index contributed by atoms with van der Waals surface area (Å²) in [5, 5.41) is 0. The van der Waals surface area contributed by atoms with Gasteiger partial charge in [-0.3, -0.25) is 4.79 Å². The van der Waals surface area contributed by atoms with E-state index in [4.69, 9.17) is 14.2 Å². The fourth-order valence-electron chi connectivity index (χ4n) is 2.61. The Balaban J connectivity index is 1.73. The van der Waals surface area contributed by atoms with Gasteiger partial charge < -0.3 is 14.2 Å². The molecule has 1 heterocycles. The molecular weight excluding hydrogens is 284 g/mol. The molecule has 0 radical (unpaired) electrons. The van der Waals surface area contributed by atoms with Crippen LogP contribution in [0.2, 0.25) is 0 Å². The van der Waals surface area contributed by atoms with Crippen LogP contribution in [0.4, 0.5) is 0 Å². The number of hydrogen-bond acceptors (Lipinski definition) is 5. The Hall–Kier alpha value is -1.88. The highest BCUT2D eigenvalue weighted by atomic mass is 16.6. The first-order valence-electron chi connectivity index (χ1n) is 7.57. The van der Waals surface area contributed by atoms with Crippen LogP contribution < -0.4 is 0 Å². The number of benzene rings is 1. The Morgan fingerprint density at radius 3 is 2.64 bits per heavy atom. The normalized spacial score (nSPS) is 24.0. The molecule has 3 atom stereocenters. The van der Waals surface area contributed by atoms with E-state index < -0.39 is 0 Å². The number of hydrogen-bond donors (Lipinski definition) is 0. The summed E-state index contributed by atoms with van der Waals surface area (Å²) in [5.74, 6) is -0.254. The average molecular weight is 306 g/mol. The number of esters is 2. The lowest BCUT2D eigenvalue weighted by Gasteiger charge is -2.15. The van der Waals surface area contributed by atoms with E-state index >= 15 is 0 Å². The monoisotopic (exact) mass is 306 g/mol. The molecular formula is C17H22O5. The van der Waals surface area contributed by atoms with Crippen molar-refractivity contribution in [3.05, 3.63) is 35.9 Å². The second-order valence-electron chi connectivity index (χ2n) is 5.60. The van der Waals surface area contributed by atoms with Crippen LogP contribution in [-0.2, 0) is 19.0 Å². The molecule has 120 valence electrons. The molecule has 2 rings (SSSR count). The fourth-order valence-corrected chi connectivity index (χ4v) is 2.61.